The summed E-state index contributed by atoms with van der Waals surface area (Å²) in [5.74, 6) is 2.64. The second-order valence-corrected chi connectivity index (χ2v) is 6.71. The van der Waals surface area contributed by atoms with Crippen molar-refractivity contribution in [1.29, 1.82) is 0 Å². The fourth-order valence-corrected chi connectivity index (χ4v) is 3.45. The molecule has 0 bridgehead atoms. The summed E-state index contributed by atoms with van der Waals surface area (Å²) in [4.78, 5) is 0. The van der Waals surface area contributed by atoms with Crippen molar-refractivity contribution >= 4 is 0 Å². The Kier molecular flexibility index (Phi) is 5.50. The predicted molar refractivity (Wildman–Crippen MR) is 76.7 cm³/mol. The molecule has 2 aliphatic rings. The number of likely N-dealkylation sites (N-methyl/N-ethyl adjacent to an activating group) is 1. The van der Waals surface area contributed by atoms with Gasteiger partial charge >= 0.3 is 0 Å². The zero-order chi connectivity index (χ0) is 13.0. The summed E-state index contributed by atoms with van der Waals surface area (Å²) in [7, 11) is 2.09. The SMILES string of the molecule is CNC1CCC(C(C)C)CC1OCCC1CCC1. The number of rotatable bonds is 6. The van der Waals surface area contributed by atoms with Gasteiger partial charge in [0.25, 0.3) is 0 Å². The third-order valence-corrected chi connectivity index (χ3v) is 5.23. The Bertz CT molecular complexity index is 237. The maximum atomic E-state index is 6.21. The first-order chi connectivity index (χ1) is 8.70. The zero-order valence-electron chi connectivity index (χ0n) is 12.5. The molecular formula is C16H31NO. The van der Waals surface area contributed by atoms with Gasteiger partial charge in [-0.3, -0.25) is 0 Å². The largest absolute Gasteiger partial charge is 0.377 e. The third-order valence-electron chi connectivity index (χ3n) is 5.23. The lowest BCUT2D eigenvalue weighted by Crippen LogP contribution is -2.45. The summed E-state index contributed by atoms with van der Waals surface area (Å²) in [6, 6.07) is 0.585. The van der Waals surface area contributed by atoms with Crippen molar-refractivity contribution in [1.82, 2.24) is 5.32 Å². The normalized spacial score (nSPS) is 33.7. The van der Waals surface area contributed by atoms with Crippen LogP contribution in [0.3, 0.4) is 0 Å². The molecule has 0 aliphatic heterocycles. The highest BCUT2D eigenvalue weighted by molar-refractivity contribution is 4.86. The van der Waals surface area contributed by atoms with Crippen molar-refractivity contribution in [2.75, 3.05) is 13.7 Å². The molecule has 2 nitrogen and oxygen atoms in total. The molecule has 3 atom stereocenters. The van der Waals surface area contributed by atoms with Crippen LogP contribution in [-0.4, -0.2) is 25.8 Å². The van der Waals surface area contributed by atoms with Gasteiger partial charge in [0.05, 0.1) is 6.10 Å². The molecule has 1 N–H and O–H groups in total. The van der Waals surface area contributed by atoms with Crippen LogP contribution in [0, 0.1) is 17.8 Å². The van der Waals surface area contributed by atoms with Crippen LogP contribution in [0.25, 0.3) is 0 Å². The van der Waals surface area contributed by atoms with Gasteiger partial charge in [-0.25, -0.2) is 0 Å². The van der Waals surface area contributed by atoms with Gasteiger partial charge in [-0.05, 0) is 50.5 Å². The molecule has 3 unspecified atom stereocenters. The summed E-state index contributed by atoms with van der Waals surface area (Å²) in [6.45, 7) is 5.70. The average molecular weight is 253 g/mol. The van der Waals surface area contributed by atoms with Crippen LogP contribution in [0.5, 0.6) is 0 Å². The minimum atomic E-state index is 0.455. The first-order valence-electron chi connectivity index (χ1n) is 7.99. The summed E-state index contributed by atoms with van der Waals surface area (Å²) in [6.07, 6.45) is 9.99. The van der Waals surface area contributed by atoms with Gasteiger partial charge < -0.3 is 10.1 Å². The second-order valence-electron chi connectivity index (χ2n) is 6.71. The van der Waals surface area contributed by atoms with Crippen LogP contribution in [0.1, 0.15) is 58.8 Å². The van der Waals surface area contributed by atoms with Crippen molar-refractivity contribution in [2.24, 2.45) is 17.8 Å². The van der Waals surface area contributed by atoms with E-state index in [0.717, 1.165) is 24.4 Å². The molecule has 2 fully saturated rings. The minimum absolute atomic E-state index is 0.455. The Hall–Kier alpha value is -0.0800. The van der Waals surface area contributed by atoms with Gasteiger partial charge in [-0.15, -0.1) is 0 Å². The highest BCUT2D eigenvalue weighted by atomic mass is 16.5. The van der Waals surface area contributed by atoms with E-state index in [4.69, 9.17) is 4.74 Å². The molecular weight excluding hydrogens is 222 g/mol. The van der Waals surface area contributed by atoms with Crippen molar-refractivity contribution in [3.8, 4) is 0 Å². The van der Waals surface area contributed by atoms with E-state index >= 15 is 0 Å². The zero-order valence-corrected chi connectivity index (χ0v) is 12.5. The van der Waals surface area contributed by atoms with E-state index in [1.54, 1.807) is 0 Å². The van der Waals surface area contributed by atoms with Crippen LogP contribution in [0.4, 0.5) is 0 Å². The van der Waals surface area contributed by atoms with E-state index in [1.165, 1.54) is 44.9 Å². The Morgan fingerprint density at radius 2 is 1.94 bits per heavy atom. The highest BCUT2D eigenvalue weighted by Gasteiger charge is 2.31. The molecule has 0 aromatic rings. The molecule has 2 aliphatic carbocycles. The molecule has 0 amide bonds. The van der Waals surface area contributed by atoms with Crippen molar-refractivity contribution in [3.63, 3.8) is 0 Å². The fourth-order valence-electron chi connectivity index (χ4n) is 3.45. The van der Waals surface area contributed by atoms with Gasteiger partial charge in [0.15, 0.2) is 0 Å². The number of ether oxygens (including phenoxy) is 1. The van der Waals surface area contributed by atoms with E-state index < -0.39 is 0 Å². The molecule has 0 aromatic heterocycles. The molecule has 0 heterocycles. The monoisotopic (exact) mass is 253 g/mol. The van der Waals surface area contributed by atoms with E-state index in [0.29, 0.717) is 12.1 Å². The molecule has 2 saturated carbocycles. The lowest BCUT2D eigenvalue weighted by Gasteiger charge is -2.38. The van der Waals surface area contributed by atoms with E-state index in [1.807, 2.05) is 0 Å². The molecule has 2 rings (SSSR count). The number of hydrogen-bond acceptors (Lipinski definition) is 2. The topological polar surface area (TPSA) is 21.3 Å². The molecule has 106 valence electrons. The Labute approximate surface area is 113 Å². The van der Waals surface area contributed by atoms with E-state index in [-0.39, 0.29) is 0 Å². The van der Waals surface area contributed by atoms with Gasteiger partial charge in [0, 0.05) is 12.6 Å². The van der Waals surface area contributed by atoms with Crippen molar-refractivity contribution < 1.29 is 4.74 Å². The first kappa shape index (κ1) is 14.3. The third kappa shape index (κ3) is 3.71. The molecule has 0 spiro atoms. The average Bonchev–Trinajstić information content (AvgIpc) is 2.32. The van der Waals surface area contributed by atoms with E-state index in [2.05, 4.69) is 26.2 Å². The van der Waals surface area contributed by atoms with Crippen LogP contribution in [-0.2, 0) is 4.74 Å². The molecule has 0 saturated heterocycles. The molecule has 0 aromatic carbocycles. The smallest absolute Gasteiger partial charge is 0.0730 e. The summed E-state index contributed by atoms with van der Waals surface area (Å²) >= 11 is 0. The fraction of sp³-hybridized carbons (Fsp3) is 1.00. The van der Waals surface area contributed by atoms with Gasteiger partial charge in [-0.2, -0.15) is 0 Å². The van der Waals surface area contributed by atoms with Gasteiger partial charge in [0.2, 0.25) is 0 Å². The van der Waals surface area contributed by atoms with Gasteiger partial charge in [0.1, 0.15) is 0 Å². The quantitative estimate of drug-likeness (QED) is 0.781. The lowest BCUT2D eigenvalue weighted by molar-refractivity contribution is -0.0226. The summed E-state index contributed by atoms with van der Waals surface area (Å²) in [5, 5.41) is 3.45. The molecule has 2 heteroatoms. The number of nitrogens with one attached hydrogen (secondary N) is 1. The van der Waals surface area contributed by atoms with Crippen molar-refractivity contribution in [3.05, 3.63) is 0 Å². The van der Waals surface area contributed by atoms with Crippen LogP contribution in [0.15, 0.2) is 0 Å². The van der Waals surface area contributed by atoms with E-state index in [9.17, 15) is 0 Å². The molecule has 0 radical (unpaired) electrons. The maximum Gasteiger partial charge on any atom is 0.0730 e. The van der Waals surface area contributed by atoms with Crippen LogP contribution in [0.2, 0.25) is 0 Å². The van der Waals surface area contributed by atoms with Crippen LogP contribution >= 0.6 is 0 Å². The predicted octanol–water partition coefficient (Wildman–Crippen LogP) is 3.61. The van der Waals surface area contributed by atoms with Crippen molar-refractivity contribution in [2.45, 2.75) is 70.9 Å². The Balaban J connectivity index is 1.74. The standard InChI is InChI=1S/C16H31NO/c1-12(2)14-7-8-15(17-3)16(11-14)18-10-9-13-5-4-6-13/h12-17H,4-11H2,1-3H3. The number of hydrogen-bond donors (Lipinski definition) is 1. The minimum Gasteiger partial charge on any atom is -0.377 e. The summed E-state index contributed by atoms with van der Waals surface area (Å²) in [5.41, 5.74) is 0. The second kappa shape index (κ2) is 6.91. The van der Waals surface area contributed by atoms with Gasteiger partial charge in [-0.1, -0.05) is 33.1 Å². The summed E-state index contributed by atoms with van der Waals surface area (Å²) < 4.78 is 6.21. The Morgan fingerprint density at radius 1 is 1.17 bits per heavy atom. The lowest BCUT2D eigenvalue weighted by atomic mass is 9.78. The Morgan fingerprint density at radius 3 is 2.50 bits per heavy atom. The first-order valence-corrected chi connectivity index (χ1v) is 7.99. The van der Waals surface area contributed by atoms with Crippen LogP contribution < -0.4 is 5.32 Å². The maximum absolute atomic E-state index is 6.21. The highest BCUT2D eigenvalue weighted by Crippen LogP contribution is 2.33. The molecule has 18 heavy (non-hydrogen) atoms.